The topological polar surface area (TPSA) is 0 Å². The highest BCUT2D eigenvalue weighted by atomic mass is 19.1. The van der Waals surface area contributed by atoms with Crippen molar-refractivity contribution in [2.24, 2.45) is 0 Å². The van der Waals surface area contributed by atoms with Crippen LogP contribution in [0.4, 0.5) is 4.39 Å². The van der Waals surface area contributed by atoms with E-state index in [0.717, 1.165) is 24.0 Å². The van der Waals surface area contributed by atoms with Crippen LogP contribution in [0.2, 0.25) is 0 Å². The van der Waals surface area contributed by atoms with Crippen LogP contribution in [0, 0.1) is 5.82 Å². The van der Waals surface area contributed by atoms with Gasteiger partial charge in [0.1, 0.15) is 5.82 Å². The fraction of sp³-hybridized carbons (Fsp3) is 0.200. The highest BCUT2D eigenvalue weighted by Crippen LogP contribution is 2.21. The summed E-state index contributed by atoms with van der Waals surface area (Å²) in [5.41, 5.74) is 3.34. The SMILES string of the molecule is CCCc1cccc(-c2cccc(F)c2)c1. The van der Waals surface area contributed by atoms with Crippen molar-refractivity contribution in [3.8, 4) is 11.1 Å². The lowest BCUT2D eigenvalue weighted by molar-refractivity contribution is 0.628. The van der Waals surface area contributed by atoms with Gasteiger partial charge in [0, 0.05) is 0 Å². The number of hydrogen-bond acceptors (Lipinski definition) is 0. The third-order valence-corrected chi connectivity index (χ3v) is 2.62. The van der Waals surface area contributed by atoms with Gasteiger partial charge in [0.2, 0.25) is 0 Å². The fourth-order valence-corrected chi connectivity index (χ4v) is 1.86. The van der Waals surface area contributed by atoms with Gasteiger partial charge in [-0.05, 0) is 35.2 Å². The molecule has 0 radical (unpaired) electrons. The normalized spacial score (nSPS) is 10.4. The lowest BCUT2D eigenvalue weighted by Crippen LogP contribution is -1.85. The van der Waals surface area contributed by atoms with Crippen molar-refractivity contribution in [3.05, 3.63) is 59.9 Å². The molecule has 0 nitrogen and oxygen atoms in total. The number of benzene rings is 2. The van der Waals surface area contributed by atoms with Crippen molar-refractivity contribution >= 4 is 0 Å². The first kappa shape index (κ1) is 10.9. The average molecular weight is 214 g/mol. The van der Waals surface area contributed by atoms with Crippen LogP contribution in [0.1, 0.15) is 18.9 Å². The molecule has 16 heavy (non-hydrogen) atoms. The second-order valence-electron chi connectivity index (χ2n) is 3.96. The molecule has 1 heteroatoms. The summed E-state index contributed by atoms with van der Waals surface area (Å²) in [6, 6.07) is 15.0. The maximum absolute atomic E-state index is 13.1. The lowest BCUT2D eigenvalue weighted by Gasteiger charge is -2.04. The molecular weight excluding hydrogens is 199 g/mol. The van der Waals surface area contributed by atoms with E-state index in [0.29, 0.717) is 0 Å². The first-order valence-corrected chi connectivity index (χ1v) is 5.64. The first-order chi connectivity index (χ1) is 7.79. The molecule has 0 aliphatic carbocycles. The molecule has 0 saturated carbocycles. The van der Waals surface area contributed by atoms with E-state index >= 15 is 0 Å². The lowest BCUT2D eigenvalue weighted by atomic mass is 10.0. The van der Waals surface area contributed by atoms with Crippen molar-refractivity contribution in [1.29, 1.82) is 0 Å². The maximum Gasteiger partial charge on any atom is 0.123 e. The van der Waals surface area contributed by atoms with Crippen LogP contribution in [0.5, 0.6) is 0 Å². The minimum atomic E-state index is -0.182. The Bertz CT molecular complexity index is 474. The molecule has 82 valence electrons. The predicted octanol–water partition coefficient (Wildman–Crippen LogP) is 4.45. The van der Waals surface area contributed by atoms with E-state index in [1.165, 1.54) is 11.6 Å². The van der Waals surface area contributed by atoms with Gasteiger partial charge < -0.3 is 0 Å². The van der Waals surface area contributed by atoms with Crippen LogP contribution in [-0.4, -0.2) is 0 Å². The number of hydrogen-bond donors (Lipinski definition) is 0. The maximum atomic E-state index is 13.1. The third-order valence-electron chi connectivity index (χ3n) is 2.62. The van der Waals surface area contributed by atoms with E-state index in [9.17, 15) is 4.39 Å². The summed E-state index contributed by atoms with van der Waals surface area (Å²) < 4.78 is 13.1. The molecule has 0 unspecified atom stereocenters. The van der Waals surface area contributed by atoms with Gasteiger partial charge in [-0.25, -0.2) is 4.39 Å². The third kappa shape index (κ3) is 2.48. The van der Waals surface area contributed by atoms with Gasteiger partial charge in [-0.1, -0.05) is 49.7 Å². The summed E-state index contributed by atoms with van der Waals surface area (Å²) >= 11 is 0. The van der Waals surface area contributed by atoms with E-state index in [2.05, 4.69) is 19.1 Å². The largest absolute Gasteiger partial charge is 0.207 e. The van der Waals surface area contributed by atoms with Crippen molar-refractivity contribution in [2.45, 2.75) is 19.8 Å². The molecule has 0 aliphatic heterocycles. The second kappa shape index (κ2) is 4.93. The Balaban J connectivity index is 2.36. The van der Waals surface area contributed by atoms with Crippen LogP contribution in [-0.2, 0) is 6.42 Å². The smallest absolute Gasteiger partial charge is 0.123 e. The zero-order chi connectivity index (χ0) is 11.4. The molecule has 2 aromatic carbocycles. The Morgan fingerprint density at radius 3 is 2.31 bits per heavy atom. The van der Waals surface area contributed by atoms with Crippen molar-refractivity contribution in [1.82, 2.24) is 0 Å². The number of rotatable bonds is 3. The molecule has 0 atom stereocenters. The van der Waals surface area contributed by atoms with Crippen LogP contribution >= 0.6 is 0 Å². The van der Waals surface area contributed by atoms with E-state index in [1.54, 1.807) is 12.1 Å². The molecule has 0 spiro atoms. The molecule has 0 fully saturated rings. The van der Waals surface area contributed by atoms with Crippen molar-refractivity contribution < 1.29 is 4.39 Å². The van der Waals surface area contributed by atoms with Gasteiger partial charge in [0.25, 0.3) is 0 Å². The van der Waals surface area contributed by atoms with Crippen LogP contribution in [0.3, 0.4) is 0 Å². The average Bonchev–Trinajstić information content (AvgIpc) is 2.30. The quantitative estimate of drug-likeness (QED) is 0.708. The molecule has 0 amide bonds. The second-order valence-corrected chi connectivity index (χ2v) is 3.96. The van der Waals surface area contributed by atoms with Crippen molar-refractivity contribution in [2.75, 3.05) is 0 Å². The fourth-order valence-electron chi connectivity index (χ4n) is 1.86. The van der Waals surface area contributed by atoms with E-state index < -0.39 is 0 Å². The van der Waals surface area contributed by atoms with Gasteiger partial charge in [-0.2, -0.15) is 0 Å². The predicted molar refractivity (Wildman–Crippen MR) is 65.8 cm³/mol. The molecule has 2 rings (SSSR count). The molecule has 0 aliphatic rings. The van der Waals surface area contributed by atoms with Crippen LogP contribution in [0.15, 0.2) is 48.5 Å². The summed E-state index contributed by atoms with van der Waals surface area (Å²) in [5.74, 6) is -0.182. The van der Waals surface area contributed by atoms with Gasteiger partial charge in [0.15, 0.2) is 0 Å². The molecule has 0 bridgehead atoms. The Morgan fingerprint density at radius 1 is 0.938 bits per heavy atom. The summed E-state index contributed by atoms with van der Waals surface area (Å²) in [5, 5.41) is 0. The molecule has 0 aromatic heterocycles. The summed E-state index contributed by atoms with van der Waals surface area (Å²) in [6.07, 6.45) is 2.20. The zero-order valence-corrected chi connectivity index (χ0v) is 9.41. The molecular formula is C15H15F. The van der Waals surface area contributed by atoms with Crippen molar-refractivity contribution in [3.63, 3.8) is 0 Å². The van der Waals surface area contributed by atoms with Gasteiger partial charge in [-0.15, -0.1) is 0 Å². The minimum Gasteiger partial charge on any atom is -0.207 e. The number of aryl methyl sites for hydroxylation is 1. The van der Waals surface area contributed by atoms with Gasteiger partial charge in [0.05, 0.1) is 0 Å². The standard InChI is InChI=1S/C15H15F/c1-2-5-12-6-3-7-13(10-12)14-8-4-9-15(16)11-14/h3-4,6-11H,2,5H2,1H3. The Hall–Kier alpha value is -1.63. The highest BCUT2D eigenvalue weighted by molar-refractivity contribution is 5.64. The highest BCUT2D eigenvalue weighted by Gasteiger charge is 2.00. The Labute approximate surface area is 95.7 Å². The van der Waals surface area contributed by atoms with Crippen LogP contribution in [0.25, 0.3) is 11.1 Å². The summed E-state index contributed by atoms with van der Waals surface area (Å²) in [4.78, 5) is 0. The monoisotopic (exact) mass is 214 g/mol. The molecule has 0 heterocycles. The van der Waals surface area contributed by atoms with Gasteiger partial charge >= 0.3 is 0 Å². The van der Waals surface area contributed by atoms with E-state index in [-0.39, 0.29) is 5.82 Å². The summed E-state index contributed by atoms with van der Waals surface area (Å²) in [6.45, 7) is 2.16. The van der Waals surface area contributed by atoms with E-state index in [1.807, 2.05) is 18.2 Å². The summed E-state index contributed by atoms with van der Waals surface area (Å²) in [7, 11) is 0. The Morgan fingerprint density at radius 2 is 1.62 bits per heavy atom. The molecule has 2 aromatic rings. The van der Waals surface area contributed by atoms with Crippen LogP contribution < -0.4 is 0 Å². The minimum absolute atomic E-state index is 0.182. The number of halogens is 1. The first-order valence-electron chi connectivity index (χ1n) is 5.64. The molecule has 0 saturated heterocycles. The van der Waals surface area contributed by atoms with Gasteiger partial charge in [-0.3, -0.25) is 0 Å². The van der Waals surface area contributed by atoms with E-state index in [4.69, 9.17) is 0 Å². The zero-order valence-electron chi connectivity index (χ0n) is 9.41. The molecule has 0 N–H and O–H groups in total. The Kier molecular flexibility index (Phi) is 3.35.